The maximum atomic E-state index is 12.4. The van der Waals surface area contributed by atoms with E-state index in [0.29, 0.717) is 27.2 Å². The van der Waals surface area contributed by atoms with Crippen molar-refractivity contribution in [1.29, 1.82) is 0 Å². The summed E-state index contributed by atoms with van der Waals surface area (Å²) in [6, 6.07) is 10.0. The average Bonchev–Trinajstić information content (AvgIpc) is 3.10. The molecule has 1 saturated heterocycles. The molecular weight excluding hydrogens is 431 g/mol. The molecule has 0 spiro atoms. The van der Waals surface area contributed by atoms with E-state index in [1.54, 1.807) is 24.3 Å². The van der Waals surface area contributed by atoms with E-state index in [1.165, 1.54) is 18.1 Å². The Balaban J connectivity index is 1.56. The number of carbonyl (C=O) groups excluding carboxylic acids is 3. The van der Waals surface area contributed by atoms with Crippen molar-refractivity contribution in [3.8, 4) is 5.75 Å². The number of anilines is 2. The van der Waals surface area contributed by atoms with Gasteiger partial charge in [0, 0.05) is 28.7 Å². The van der Waals surface area contributed by atoms with Crippen LogP contribution in [0.25, 0.3) is 0 Å². The number of hydrogen-bond acceptors (Lipinski definition) is 5. The molecule has 1 heterocycles. The van der Waals surface area contributed by atoms with Gasteiger partial charge < -0.3 is 19.7 Å². The van der Waals surface area contributed by atoms with Crippen molar-refractivity contribution >= 4 is 52.4 Å². The molecule has 0 aromatic heterocycles. The minimum absolute atomic E-state index is 0.00800. The summed E-state index contributed by atoms with van der Waals surface area (Å²) >= 11 is 12.1. The van der Waals surface area contributed by atoms with Crippen LogP contribution in [0.3, 0.4) is 0 Å². The van der Waals surface area contributed by atoms with E-state index < -0.39 is 24.4 Å². The van der Waals surface area contributed by atoms with Crippen LogP contribution in [0.5, 0.6) is 5.75 Å². The second-order valence-electron chi connectivity index (χ2n) is 6.84. The molecule has 1 fully saturated rings. The van der Waals surface area contributed by atoms with Crippen LogP contribution in [0, 0.1) is 12.8 Å². The number of ether oxygens (including phenoxy) is 2. The molecule has 0 bridgehead atoms. The number of aryl methyl sites for hydroxylation is 1. The van der Waals surface area contributed by atoms with Crippen LogP contribution in [0.15, 0.2) is 36.4 Å². The molecule has 1 aliphatic heterocycles. The molecule has 0 saturated carbocycles. The first-order valence-corrected chi connectivity index (χ1v) is 9.90. The molecule has 0 radical (unpaired) electrons. The van der Waals surface area contributed by atoms with Gasteiger partial charge in [-0.1, -0.05) is 29.3 Å². The number of benzene rings is 2. The Morgan fingerprint density at radius 3 is 2.67 bits per heavy atom. The van der Waals surface area contributed by atoms with Gasteiger partial charge in [0.1, 0.15) is 5.75 Å². The quantitative estimate of drug-likeness (QED) is 0.675. The minimum atomic E-state index is -0.661. The molecule has 1 aliphatic rings. The lowest BCUT2D eigenvalue weighted by molar-refractivity contribution is -0.151. The molecule has 0 aliphatic carbocycles. The van der Waals surface area contributed by atoms with E-state index >= 15 is 0 Å². The predicted octanol–water partition coefficient (Wildman–Crippen LogP) is 3.85. The van der Waals surface area contributed by atoms with Crippen molar-refractivity contribution in [3.63, 3.8) is 0 Å². The number of hydrogen-bond donors (Lipinski definition) is 1. The standard InChI is InChI=1S/C21H20Cl2N2O5/c1-12-3-5-15(9-16(12)23)25-10-13(7-20(25)27)21(28)30-11-19(26)24-17-8-14(22)4-6-18(17)29-2/h3-6,8-9,13H,7,10-11H2,1-2H3,(H,24,26)/t13-/m0/s1. The SMILES string of the molecule is COc1ccc(Cl)cc1NC(=O)COC(=O)[C@H]1CC(=O)N(c2ccc(C)c(Cl)c2)C1. The largest absolute Gasteiger partial charge is 0.495 e. The Labute approximate surface area is 183 Å². The van der Waals surface area contributed by atoms with Crippen LogP contribution in [0.2, 0.25) is 10.0 Å². The van der Waals surface area contributed by atoms with E-state index in [9.17, 15) is 14.4 Å². The third kappa shape index (κ3) is 5.04. The maximum absolute atomic E-state index is 12.4. The zero-order valence-corrected chi connectivity index (χ0v) is 17.9. The maximum Gasteiger partial charge on any atom is 0.311 e. The Kier molecular flexibility index (Phi) is 6.84. The van der Waals surface area contributed by atoms with E-state index in [1.807, 2.05) is 13.0 Å². The molecule has 7 nitrogen and oxygen atoms in total. The van der Waals surface area contributed by atoms with Gasteiger partial charge in [-0.25, -0.2) is 0 Å². The molecule has 1 atom stereocenters. The first-order chi connectivity index (χ1) is 14.3. The lowest BCUT2D eigenvalue weighted by atomic mass is 10.1. The molecule has 0 unspecified atom stereocenters. The third-order valence-electron chi connectivity index (χ3n) is 4.71. The Hall–Kier alpha value is -2.77. The number of nitrogens with zero attached hydrogens (tertiary/aromatic N) is 1. The smallest absolute Gasteiger partial charge is 0.311 e. The van der Waals surface area contributed by atoms with Crippen LogP contribution in [-0.4, -0.2) is 38.0 Å². The Morgan fingerprint density at radius 2 is 1.97 bits per heavy atom. The molecule has 158 valence electrons. The zero-order chi connectivity index (χ0) is 21.8. The van der Waals surface area contributed by atoms with Crippen molar-refractivity contribution in [3.05, 3.63) is 52.0 Å². The van der Waals surface area contributed by atoms with E-state index in [-0.39, 0.29) is 18.9 Å². The number of amides is 2. The molecule has 3 rings (SSSR count). The van der Waals surface area contributed by atoms with Gasteiger partial charge in [0.2, 0.25) is 5.91 Å². The summed E-state index contributed by atoms with van der Waals surface area (Å²) in [6.45, 7) is 1.54. The van der Waals surface area contributed by atoms with Crippen molar-refractivity contribution in [1.82, 2.24) is 0 Å². The van der Waals surface area contributed by atoms with Gasteiger partial charge in [-0.2, -0.15) is 0 Å². The Bertz CT molecular complexity index is 995. The fraction of sp³-hybridized carbons (Fsp3) is 0.286. The zero-order valence-electron chi connectivity index (χ0n) is 16.4. The lowest BCUT2D eigenvalue weighted by Crippen LogP contribution is -2.28. The van der Waals surface area contributed by atoms with Gasteiger partial charge in [-0.05, 0) is 42.8 Å². The predicted molar refractivity (Wildman–Crippen MR) is 114 cm³/mol. The second kappa shape index (κ2) is 9.36. The molecule has 2 aromatic rings. The van der Waals surface area contributed by atoms with E-state index in [2.05, 4.69) is 5.32 Å². The number of halogens is 2. The molecule has 2 amide bonds. The molecule has 1 N–H and O–H groups in total. The summed E-state index contributed by atoms with van der Waals surface area (Å²) in [5.41, 5.74) is 1.88. The fourth-order valence-electron chi connectivity index (χ4n) is 3.08. The first-order valence-electron chi connectivity index (χ1n) is 9.15. The Morgan fingerprint density at radius 1 is 1.20 bits per heavy atom. The second-order valence-corrected chi connectivity index (χ2v) is 7.68. The highest BCUT2D eigenvalue weighted by atomic mass is 35.5. The summed E-state index contributed by atoms with van der Waals surface area (Å²) in [5, 5.41) is 3.55. The van der Waals surface area contributed by atoms with Gasteiger partial charge in [0.25, 0.3) is 5.91 Å². The summed E-state index contributed by atoms with van der Waals surface area (Å²) in [5.74, 6) is -1.60. The first kappa shape index (κ1) is 21.9. The van der Waals surface area contributed by atoms with Gasteiger partial charge in [0.15, 0.2) is 6.61 Å². The molecule has 9 heteroatoms. The number of rotatable bonds is 6. The van der Waals surface area contributed by atoms with Crippen molar-refractivity contribution in [2.45, 2.75) is 13.3 Å². The van der Waals surface area contributed by atoms with Crippen LogP contribution in [-0.2, 0) is 19.1 Å². The fourth-order valence-corrected chi connectivity index (χ4v) is 3.43. The van der Waals surface area contributed by atoms with Crippen LogP contribution < -0.4 is 15.0 Å². The number of methoxy groups -OCH3 is 1. The van der Waals surface area contributed by atoms with Crippen LogP contribution >= 0.6 is 23.2 Å². The topological polar surface area (TPSA) is 84.9 Å². The minimum Gasteiger partial charge on any atom is -0.495 e. The van der Waals surface area contributed by atoms with Crippen LogP contribution in [0.4, 0.5) is 11.4 Å². The van der Waals surface area contributed by atoms with Crippen molar-refractivity contribution in [2.24, 2.45) is 5.92 Å². The number of carbonyl (C=O) groups is 3. The monoisotopic (exact) mass is 450 g/mol. The van der Waals surface area contributed by atoms with Gasteiger partial charge >= 0.3 is 5.97 Å². The normalized spacial score (nSPS) is 15.8. The molecular formula is C21H20Cl2N2O5. The summed E-state index contributed by atoms with van der Waals surface area (Å²) in [7, 11) is 1.46. The molecule has 30 heavy (non-hydrogen) atoms. The lowest BCUT2D eigenvalue weighted by Gasteiger charge is -2.17. The highest BCUT2D eigenvalue weighted by Gasteiger charge is 2.36. The highest BCUT2D eigenvalue weighted by Crippen LogP contribution is 2.30. The van der Waals surface area contributed by atoms with Crippen molar-refractivity contribution < 1.29 is 23.9 Å². The highest BCUT2D eigenvalue weighted by molar-refractivity contribution is 6.31. The molecule has 2 aromatic carbocycles. The van der Waals surface area contributed by atoms with Gasteiger partial charge in [-0.3, -0.25) is 14.4 Å². The van der Waals surface area contributed by atoms with E-state index in [0.717, 1.165) is 5.56 Å². The van der Waals surface area contributed by atoms with Crippen LogP contribution in [0.1, 0.15) is 12.0 Å². The average molecular weight is 451 g/mol. The van der Waals surface area contributed by atoms with Crippen molar-refractivity contribution in [2.75, 3.05) is 30.5 Å². The number of esters is 1. The third-order valence-corrected chi connectivity index (χ3v) is 5.35. The van der Waals surface area contributed by atoms with Gasteiger partial charge in [0.05, 0.1) is 18.7 Å². The summed E-state index contributed by atoms with van der Waals surface area (Å²) in [6.07, 6.45) is 0.00800. The number of nitrogens with one attached hydrogen (secondary N) is 1. The summed E-state index contributed by atoms with van der Waals surface area (Å²) in [4.78, 5) is 38.4. The van der Waals surface area contributed by atoms with Gasteiger partial charge in [-0.15, -0.1) is 0 Å². The van der Waals surface area contributed by atoms with E-state index in [4.69, 9.17) is 32.7 Å². The summed E-state index contributed by atoms with van der Waals surface area (Å²) < 4.78 is 10.3.